The highest BCUT2D eigenvalue weighted by molar-refractivity contribution is 7.09. The molecule has 0 atom stereocenters. The number of nitrogens with zero attached hydrogens (tertiary/aromatic N) is 2. The molecule has 1 fully saturated rings. The van der Waals surface area contributed by atoms with Gasteiger partial charge in [0.2, 0.25) is 0 Å². The number of hydroxylamine groups is 2. The van der Waals surface area contributed by atoms with Crippen LogP contribution in [0.3, 0.4) is 0 Å². The van der Waals surface area contributed by atoms with E-state index in [2.05, 4.69) is 4.98 Å². The maximum Gasteiger partial charge on any atom is 0.331 e. The van der Waals surface area contributed by atoms with E-state index < -0.39 is 0 Å². The van der Waals surface area contributed by atoms with Gasteiger partial charge in [-0.25, -0.2) is 9.78 Å². The second-order valence-electron chi connectivity index (χ2n) is 6.13. The molecule has 0 saturated carbocycles. The lowest BCUT2D eigenvalue weighted by atomic mass is 9.95. The van der Waals surface area contributed by atoms with Crippen LogP contribution in [0.4, 0.5) is 0 Å². The highest BCUT2D eigenvalue weighted by atomic mass is 35.5. The fourth-order valence-corrected chi connectivity index (χ4v) is 3.81. The number of hydrogen-bond donors (Lipinski definition) is 0. The summed E-state index contributed by atoms with van der Waals surface area (Å²) in [6.45, 7) is 2.08. The van der Waals surface area contributed by atoms with Crippen molar-refractivity contribution in [2.75, 3.05) is 19.7 Å². The third-order valence-corrected chi connectivity index (χ3v) is 5.86. The lowest BCUT2D eigenvalue weighted by Crippen LogP contribution is -2.36. The Bertz CT molecular complexity index is 719. The van der Waals surface area contributed by atoms with Crippen LogP contribution in [0.15, 0.2) is 29.8 Å². The van der Waals surface area contributed by atoms with Gasteiger partial charge in [0, 0.05) is 24.7 Å². The molecule has 0 N–H and O–H groups in total. The number of rotatable bonds is 7. The van der Waals surface area contributed by atoms with Gasteiger partial charge in [-0.05, 0) is 37.3 Å². The second kappa shape index (κ2) is 9.55. The second-order valence-corrected chi connectivity index (χ2v) is 7.89. The molecule has 3 rings (SSSR count). The van der Waals surface area contributed by atoms with Crippen molar-refractivity contribution in [2.24, 2.45) is 5.92 Å². The van der Waals surface area contributed by atoms with Gasteiger partial charge in [-0.3, -0.25) is 0 Å². The standard InChI is InChI=1S/C18H20Cl2N2O3S/c19-14-2-1-3-15(18(14)20)24-10-6-13-4-8-22(9-5-13)25-17(23)12-16-21-7-11-26-16/h1-3,7,11,13H,4-6,8-10,12H2. The van der Waals surface area contributed by atoms with Gasteiger partial charge in [0.1, 0.15) is 15.8 Å². The molecule has 0 amide bonds. The fourth-order valence-electron chi connectivity index (χ4n) is 2.86. The summed E-state index contributed by atoms with van der Waals surface area (Å²) < 4.78 is 5.75. The van der Waals surface area contributed by atoms with E-state index in [4.69, 9.17) is 32.8 Å². The molecule has 140 valence electrons. The van der Waals surface area contributed by atoms with Gasteiger partial charge in [0.15, 0.2) is 0 Å². The van der Waals surface area contributed by atoms with Gasteiger partial charge >= 0.3 is 5.97 Å². The van der Waals surface area contributed by atoms with Crippen LogP contribution in [-0.2, 0) is 16.1 Å². The monoisotopic (exact) mass is 414 g/mol. The molecule has 1 saturated heterocycles. The van der Waals surface area contributed by atoms with Crippen LogP contribution >= 0.6 is 34.5 Å². The molecule has 0 spiro atoms. The molecule has 0 aliphatic carbocycles. The van der Waals surface area contributed by atoms with Crippen LogP contribution in [0, 0.1) is 5.92 Å². The van der Waals surface area contributed by atoms with Gasteiger partial charge in [-0.1, -0.05) is 29.3 Å². The smallest absolute Gasteiger partial charge is 0.331 e. The summed E-state index contributed by atoms with van der Waals surface area (Å²) in [6.07, 6.45) is 4.79. The van der Waals surface area contributed by atoms with Crippen LogP contribution in [0.1, 0.15) is 24.3 Å². The van der Waals surface area contributed by atoms with Crippen molar-refractivity contribution in [1.29, 1.82) is 0 Å². The molecule has 0 radical (unpaired) electrons. The van der Waals surface area contributed by atoms with Crippen molar-refractivity contribution in [3.8, 4) is 5.75 Å². The molecule has 2 heterocycles. The quantitative estimate of drug-likeness (QED) is 0.660. The number of piperidine rings is 1. The minimum absolute atomic E-state index is 0.228. The van der Waals surface area contributed by atoms with E-state index in [9.17, 15) is 4.79 Å². The SMILES string of the molecule is O=C(Cc1nccs1)ON1CCC(CCOc2cccc(Cl)c2Cl)CC1. The number of benzene rings is 1. The predicted molar refractivity (Wildman–Crippen MR) is 103 cm³/mol. The zero-order chi connectivity index (χ0) is 18.4. The highest BCUT2D eigenvalue weighted by Gasteiger charge is 2.22. The average molecular weight is 415 g/mol. The molecule has 1 aromatic carbocycles. The summed E-state index contributed by atoms with van der Waals surface area (Å²) in [5, 5.41) is 5.34. The zero-order valence-corrected chi connectivity index (χ0v) is 16.5. The Morgan fingerprint density at radius 1 is 1.31 bits per heavy atom. The number of carbonyl (C=O) groups is 1. The van der Waals surface area contributed by atoms with Gasteiger partial charge in [-0.2, -0.15) is 0 Å². The maximum atomic E-state index is 11.9. The first-order chi connectivity index (χ1) is 12.6. The summed E-state index contributed by atoms with van der Waals surface area (Å²) in [7, 11) is 0. The van der Waals surface area contributed by atoms with E-state index in [0.29, 0.717) is 28.3 Å². The van der Waals surface area contributed by atoms with Crippen LogP contribution in [0.5, 0.6) is 5.75 Å². The molecule has 26 heavy (non-hydrogen) atoms. The number of ether oxygens (including phenoxy) is 1. The van der Waals surface area contributed by atoms with E-state index in [0.717, 1.165) is 37.4 Å². The number of thiazole rings is 1. The van der Waals surface area contributed by atoms with E-state index in [1.807, 2.05) is 17.5 Å². The Morgan fingerprint density at radius 3 is 2.85 bits per heavy atom. The molecule has 1 aromatic heterocycles. The molecule has 5 nitrogen and oxygen atoms in total. The van der Waals surface area contributed by atoms with Crippen molar-refractivity contribution in [3.63, 3.8) is 0 Å². The first-order valence-electron chi connectivity index (χ1n) is 8.52. The number of hydrogen-bond acceptors (Lipinski definition) is 6. The van der Waals surface area contributed by atoms with Crippen LogP contribution in [0.25, 0.3) is 0 Å². The lowest BCUT2D eigenvalue weighted by molar-refractivity contribution is -0.196. The first kappa shape index (κ1) is 19.4. The third-order valence-electron chi connectivity index (χ3n) is 4.28. The van der Waals surface area contributed by atoms with E-state index >= 15 is 0 Å². The van der Waals surface area contributed by atoms with Gasteiger partial charge in [0.25, 0.3) is 0 Å². The third kappa shape index (κ3) is 5.58. The number of halogens is 2. The largest absolute Gasteiger partial charge is 0.492 e. The zero-order valence-electron chi connectivity index (χ0n) is 14.2. The van der Waals surface area contributed by atoms with Crippen molar-refractivity contribution in [3.05, 3.63) is 44.8 Å². The van der Waals surface area contributed by atoms with Gasteiger partial charge in [-0.15, -0.1) is 16.4 Å². The molecule has 0 bridgehead atoms. The fraction of sp³-hybridized carbons (Fsp3) is 0.444. The minimum atomic E-state index is -0.252. The summed E-state index contributed by atoms with van der Waals surface area (Å²) in [5.74, 6) is 0.909. The first-order valence-corrected chi connectivity index (χ1v) is 10.2. The molecular weight excluding hydrogens is 395 g/mol. The molecule has 1 aliphatic rings. The molecular formula is C18H20Cl2N2O3S. The molecule has 0 unspecified atom stereocenters. The van der Waals surface area contributed by atoms with Gasteiger partial charge < -0.3 is 9.57 Å². The summed E-state index contributed by atoms with van der Waals surface area (Å²) in [4.78, 5) is 21.4. The molecule has 2 aromatic rings. The Labute approximate surface area is 166 Å². The summed E-state index contributed by atoms with van der Waals surface area (Å²) >= 11 is 13.6. The van der Waals surface area contributed by atoms with Crippen LogP contribution in [-0.4, -0.2) is 35.7 Å². The summed E-state index contributed by atoms with van der Waals surface area (Å²) in [5.41, 5.74) is 0. The van der Waals surface area contributed by atoms with Crippen LogP contribution in [0.2, 0.25) is 10.0 Å². The minimum Gasteiger partial charge on any atom is -0.492 e. The average Bonchev–Trinajstić information content (AvgIpc) is 3.13. The number of carbonyl (C=O) groups excluding carboxylic acids is 1. The molecule has 1 aliphatic heterocycles. The lowest BCUT2D eigenvalue weighted by Gasteiger charge is -2.30. The Balaban J connectivity index is 1.34. The Morgan fingerprint density at radius 2 is 2.12 bits per heavy atom. The van der Waals surface area contributed by atoms with E-state index in [-0.39, 0.29) is 12.4 Å². The normalized spacial score (nSPS) is 15.8. The Hall–Kier alpha value is -1.34. The van der Waals surface area contributed by atoms with E-state index in [1.54, 1.807) is 17.3 Å². The number of aromatic nitrogens is 1. The molecule has 8 heteroatoms. The topological polar surface area (TPSA) is 51.7 Å². The van der Waals surface area contributed by atoms with Gasteiger partial charge in [0.05, 0.1) is 18.1 Å². The Kier molecular flexibility index (Phi) is 7.14. The maximum absolute atomic E-state index is 11.9. The highest BCUT2D eigenvalue weighted by Crippen LogP contribution is 2.32. The van der Waals surface area contributed by atoms with E-state index in [1.165, 1.54) is 11.3 Å². The van der Waals surface area contributed by atoms with Crippen molar-refractivity contribution in [1.82, 2.24) is 10.0 Å². The predicted octanol–water partition coefficient (Wildman–Crippen LogP) is 4.63. The van der Waals surface area contributed by atoms with Crippen molar-refractivity contribution >= 4 is 40.5 Å². The van der Waals surface area contributed by atoms with Crippen molar-refractivity contribution in [2.45, 2.75) is 25.7 Å². The summed E-state index contributed by atoms with van der Waals surface area (Å²) in [6, 6.07) is 5.38. The van der Waals surface area contributed by atoms with Crippen LogP contribution < -0.4 is 4.74 Å². The van der Waals surface area contributed by atoms with Crippen molar-refractivity contribution < 1.29 is 14.4 Å².